The van der Waals surface area contributed by atoms with Gasteiger partial charge in [-0.25, -0.2) is 8.78 Å². The third-order valence-electron chi connectivity index (χ3n) is 4.29. The Morgan fingerprint density at radius 2 is 1.60 bits per heavy atom. The SMILES string of the molecule is OCC1(C2(O)CCCC2)CCC(F)(F)C1. The molecule has 2 fully saturated rings. The van der Waals surface area contributed by atoms with E-state index in [0.29, 0.717) is 12.8 Å². The summed E-state index contributed by atoms with van der Waals surface area (Å²) in [5.41, 5.74) is -2.01. The maximum absolute atomic E-state index is 13.2. The third kappa shape index (κ3) is 1.68. The molecule has 1 atom stereocenters. The van der Waals surface area contributed by atoms with Gasteiger partial charge in [0.05, 0.1) is 12.2 Å². The fourth-order valence-electron chi connectivity index (χ4n) is 3.26. The predicted molar refractivity (Wildman–Crippen MR) is 51.7 cm³/mol. The lowest BCUT2D eigenvalue weighted by Crippen LogP contribution is -2.48. The van der Waals surface area contributed by atoms with Crippen molar-refractivity contribution in [3.63, 3.8) is 0 Å². The van der Waals surface area contributed by atoms with Crippen molar-refractivity contribution in [3.05, 3.63) is 0 Å². The molecule has 0 aromatic rings. The molecule has 0 aromatic heterocycles. The van der Waals surface area contributed by atoms with E-state index in [9.17, 15) is 19.0 Å². The van der Waals surface area contributed by atoms with Crippen LogP contribution in [0.2, 0.25) is 0 Å². The first kappa shape index (κ1) is 11.3. The maximum Gasteiger partial charge on any atom is 0.248 e. The van der Waals surface area contributed by atoms with E-state index in [1.807, 2.05) is 0 Å². The molecule has 88 valence electrons. The van der Waals surface area contributed by atoms with E-state index < -0.39 is 16.9 Å². The topological polar surface area (TPSA) is 40.5 Å². The van der Waals surface area contributed by atoms with Crippen LogP contribution in [0.15, 0.2) is 0 Å². The second-order valence-electron chi connectivity index (χ2n) is 5.21. The van der Waals surface area contributed by atoms with Crippen LogP contribution < -0.4 is 0 Å². The first-order valence-corrected chi connectivity index (χ1v) is 5.64. The van der Waals surface area contributed by atoms with E-state index in [-0.39, 0.29) is 25.9 Å². The quantitative estimate of drug-likeness (QED) is 0.748. The highest BCUT2D eigenvalue weighted by Gasteiger charge is 2.59. The molecule has 0 heterocycles. The van der Waals surface area contributed by atoms with Crippen molar-refractivity contribution < 1.29 is 19.0 Å². The van der Waals surface area contributed by atoms with Gasteiger partial charge in [-0.15, -0.1) is 0 Å². The standard InChI is InChI=1S/C11H18F2O2/c12-11(13)6-5-9(7-11,8-14)10(15)3-1-2-4-10/h14-15H,1-8H2. The van der Waals surface area contributed by atoms with Gasteiger partial charge in [0.1, 0.15) is 0 Å². The zero-order valence-electron chi connectivity index (χ0n) is 8.81. The maximum atomic E-state index is 13.2. The molecule has 0 bridgehead atoms. The zero-order valence-corrected chi connectivity index (χ0v) is 8.81. The summed E-state index contributed by atoms with van der Waals surface area (Å²) < 4.78 is 26.5. The fourth-order valence-corrected chi connectivity index (χ4v) is 3.26. The van der Waals surface area contributed by atoms with Crippen LogP contribution in [0, 0.1) is 5.41 Å². The lowest BCUT2D eigenvalue weighted by Gasteiger charge is -2.41. The summed E-state index contributed by atoms with van der Waals surface area (Å²) in [6.45, 7) is -0.320. The van der Waals surface area contributed by atoms with Gasteiger partial charge in [-0.3, -0.25) is 0 Å². The van der Waals surface area contributed by atoms with E-state index in [1.165, 1.54) is 0 Å². The highest BCUT2D eigenvalue weighted by Crippen LogP contribution is 2.57. The van der Waals surface area contributed by atoms with Gasteiger partial charge in [0.2, 0.25) is 5.92 Å². The largest absolute Gasteiger partial charge is 0.396 e. The molecule has 0 saturated heterocycles. The average molecular weight is 220 g/mol. The molecule has 0 aromatic carbocycles. The normalized spacial score (nSPS) is 38.4. The molecule has 4 heteroatoms. The van der Waals surface area contributed by atoms with Crippen molar-refractivity contribution in [2.24, 2.45) is 5.41 Å². The Bertz CT molecular complexity index is 249. The number of halogens is 2. The lowest BCUT2D eigenvalue weighted by molar-refractivity contribution is -0.119. The Balaban J connectivity index is 2.23. The molecule has 2 rings (SSSR count). The number of hydrogen-bond acceptors (Lipinski definition) is 2. The van der Waals surface area contributed by atoms with Crippen LogP contribution in [0.3, 0.4) is 0 Å². The van der Waals surface area contributed by atoms with Crippen molar-refractivity contribution in [3.8, 4) is 0 Å². The van der Waals surface area contributed by atoms with Crippen molar-refractivity contribution in [2.75, 3.05) is 6.61 Å². The minimum atomic E-state index is -2.71. The summed E-state index contributed by atoms with van der Waals surface area (Å²) >= 11 is 0. The van der Waals surface area contributed by atoms with Gasteiger partial charge >= 0.3 is 0 Å². The minimum Gasteiger partial charge on any atom is -0.396 e. The number of rotatable bonds is 2. The Morgan fingerprint density at radius 3 is 2.00 bits per heavy atom. The minimum absolute atomic E-state index is 0.199. The summed E-state index contributed by atoms with van der Waals surface area (Å²) in [5, 5.41) is 19.8. The number of aliphatic hydroxyl groups excluding tert-OH is 1. The second-order valence-corrected chi connectivity index (χ2v) is 5.21. The van der Waals surface area contributed by atoms with E-state index in [2.05, 4.69) is 0 Å². The summed E-state index contributed by atoms with van der Waals surface area (Å²) in [5.74, 6) is -2.71. The smallest absolute Gasteiger partial charge is 0.248 e. The predicted octanol–water partition coefficient (Wildman–Crippen LogP) is 2.09. The van der Waals surface area contributed by atoms with Crippen molar-refractivity contribution in [1.82, 2.24) is 0 Å². The van der Waals surface area contributed by atoms with E-state index in [4.69, 9.17) is 0 Å². The molecule has 0 spiro atoms. The van der Waals surface area contributed by atoms with Gasteiger partial charge in [0.25, 0.3) is 0 Å². The molecule has 0 radical (unpaired) electrons. The van der Waals surface area contributed by atoms with E-state index in [1.54, 1.807) is 0 Å². The molecule has 1 unspecified atom stereocenters. The molecule has 2 aliphatic carbocycles. The van der Waals surface area contributed by atoms with Crippen LogP contribution in [0.25, 0.3) is 0 Å². The number of aliphatic hydroxyl groups is 2. The first-order chi connectivity index (χ1) is 6.93. The Kier molecular flexibility index (Phi) is 2.54. The van der Waals surface area contributed by atoms with Crippen molar-refractivity contribution in [1.29, 1.82) is 0 Å². The monoisotopic (exact) mass is 220 g/mol. The van der Waals surface area contributed by atoms with Crippen LogP contribution in [0.4, 0.5) is 8.78 Å². The molecule has 0 amide bonds. The molecular weight excluding hydrogens is 202 g/mol. The van der Waals surface area contributed by atoms with Gasteiger partial charge < -0.3 is 10.2 Å². The highest BCUT2D eigenvalue weighted by atomic mass is 19.3. The van der Waals surface area contributed by atoms with Crippen molar-refractivity contribution >= 4 is 0 Å². The van der Waals surface area contributed by atoms with Crippen LogP contribution >= 0.6 is 0 Å². The molecule has 2 saturated carbocycles. The van der Waals surface area contributed by atoms with Crippen LogP contribution in [-0.4, -0.2) is 28.3 Å². The zero-order chi connectivity index (χ0) is 11.2. The van der Waals surface area contributed by atoms with Crippen LogP contribution in [0.5, 0.6) is 0 Å². The number of alkyl halides is 2. The van der Waals surface area contributed by atoms with Crippen LogP contribution in [0.1, 0.15) is 44.9 Å². The van der Waals surface area contributed by atoms with Gasteiger partial charge in [0.15, 0.2) is 0 Å². The fraction of sp³-hybridized carbons (Fsp3) is 1.00. The van der Waals surface area contributed by atoms with Crippen molar-refractivity contribution in [2.45, 2.75) is 56.5 Å². The van der Waals surface area contributed by atoms with E-state index >= 15 is 0 Å². The summed E-state index contributed by atoms with van der Waals surface area (Å²) in [6, 6.07) is 0. The molecular formula is C11H18F2O2. The van der Waals surface area contributed by atoms with Gasteiger partial charge in [0, 0.05) is 18.3 Å². The first-order valence-electron chi connectivity index (χ1n) is 5.64. The average Bonchev–Trinajstić information content (AvgIpc) is 2.72. The molecule has 2 nitrogen and oxygen atoms in total. The summed E-state index contributed by atoms with van der Waals surface area (Å²) in [6.07, 6.45) is 2.57. The molecule has 2 aliphatic rings. The lowest BCUT2D eigenvalue weighted by atomic mass is 9.69. The molecule has 15 heavy (non-hydrogen) atoms. The Hall–Kier alpha value is -0.220. The number of hydrogen-bond donors (Lipinski definition) is 2. The molecule has 2 N–H and O–H groups in total. The Morgan fingerprint density at radius 1 is 1.00 bits per heavy atom. The second kappa shape index (κ2) is 3.39. The third-order valence-corrected chi connectivity index (χ3v) is 4.29. The van der Waals surface area contributed by atoms with Gasteiger partial charge in [-0.1, -0.05) is 12.8 Å². The molecule has 0 aliphatic heterocycles. The van der Waals surface area contributed by atoms with E-state index in [0.717, 1.165) is 12.8 Å². The highest BCUT2D eigenvalue weighted by molar-refractivity contribution is 5.07. The van der Waals surface area contributed by atoms with Gasteiger partial charge in [-0.2, -0.15) is 0 Å². The summed E-state index contributed by atoms with van der Waals surface area (Å²) in [7, 11) is 0. The summed E-state index contributed by atoms with van der Waals surface area (Å²) in [4.78, 5) is 0. The Labute approximate surface area is 88.3 Å². The van der Waals surface area contributed by atoms with Crippen LogP contribution in [-0.2, 0) is 0 Å². The van der Waals surface area contributed by atoms with Gasteiger partial charge in [-0.05, 0) is 19.3 Å².